The summed E-state index contributed by atoms with van der Waals surface area (Å²) in [4.78, 5) is 4.61. The fourth-order valence-electron chi connectivity index (χ4n) is 2.99. The molecule has 1 unspecified atom stereocenters. The molecule has 1 aliphatic rings. The van der Waals surface area contributed by atoms with Gasteiger partial charge in [0.2, 0.25) is 0 Å². The van der Waals surface area contributed by atoms with Crippen LogP contribution in [-0.2, 0) is 0 Å². The summed E-state index contributed by atoms with van der Waals surface area (Å²) in [6.07, 6.45) is 0.319. The van der Waals surface area contributed by atoms with Crippen LogP contribution in [0.4, 0.5) is 17.1 Å². The van der Waals surface area contributed by atoms with E-state index in [2.05, 4.69) is 47.2 Å². The highest BCUT2D eigenvalue weighted by molar-refractivity contribution is 5.80. The van der Waals surface area contributed by atoms with Crippen LogP contribution in [0.15, 0.2) is 48.5 Å². The van der Waals surface area contributed by atoms with Crippen molar-refractivity contribution in [3.8, 4) is 0 Å². The smallest absolute Gasteiger partial charge is 0.0807 e. The Balaban J connectivity index is 2.08. The van der Waals surface area contributed by atoms with Crippen LogP contribution in [0, 0.1) is 0 Å². The summed E-state index contributed by atoms with van der Waals surface area (Å²) >= 11 is 0. The molecule has 0 amide bonds. The molecule has 3 heteroatoms. The summed E-state index contributed by atoms with van der Waals surface area (Å²) in [5.41, 5.74) is 4.58. The molecule has 2 aromatic rings. The molecule has 0 fully saturated rings. The standard InChI is InChI=1S/C18H22N2O/c1-3-18(21)14-8-4-5-9-15(14)20-13-12-19(2)16-10-6-7-11-17(16)20/h4-11,18,21H,3,12-13H2,1-2H3. The molecule has 0 saturated carbocycles. The predicted octanol–water partition coefficient (Wildman–Crippen LogP) is 3.72. The Labute approximate surface area is 126 Å². The van der Waals surface area contributed by atoms with Crippen molar-refractivity contribution < 1.29 is 5.11 Å². The van der Waals surface area contributed by atoms with Gasteiger partial charge in [0.1, 0.15) is 0 Å². The highest BCUT2D eigenvalue weighted by Crippen LogP contribution is 2.39. The van der Waals surface area contributed by atoms with Gasteiger partial charge in [0.05, 0.1) is 17.5 Å². The first-order valence-corrected chi connectivity index (χ1v) is 7.57. The van der Waals surface area contributed by atoms with Gasteiger partial charge < -0.3 is 14.9 Å². The van der Waals surface area contributed by atoms with Gasteiger partial charge in [-0.05, 0) is 24.6 Å². The maximum absolute atomic E-state index is 10.3. The van der Waals surface area contributed by atoms with E-state index < -0.39 is 6.10 Å². The van der Waals surface area contributed by atoms with Crippen molar-refractivity contribution in [1.82, 2.24) is 0 Å². The van der Waals surface area contributed by atoms with Crippen LogP contribution in [0.2, 0.25) is 0 Å². The summed E-state index contributed by atoms with van der Waals surface area (Å²) in [6.45, 7) is 3.92. The van der Waals surface area contributed by atoms with Crippen molar-refractivity contribution >= 4 is 17.1 Å². The number of benzene rings is 2. The monoisotopic (exact) mass is 282 g/mol. The second-order valence-corrected chi connectivity index (χ2v) is 5.54. The number of likely N-dealkylation sites (N-methyl/N-ethyl adjacent to an activating group) is 1. The lowest BCUT2D eigenvalue weighted by molar-refractivity contribution is 0.174. The van der Waals surface area contributed by atoms with E-state index in [1.165, 1.54) is 11.4 Å². The summed E-state index contributed by atoms with van der Waals surface area (Å²) in [7, 11) is 2.13. The molecule has 0 bridgehead atoms. The van der Waals surface area contributed by atoms with E-state index in [0.717, 1.165) is 30.8 Å². The van der Waals surface area contributed by atoms with E-state index in [1.807, 2.05) is 25.1 Å². The van der Waals surface area contributed by atoms with Crippen LogP contribution in [0.1, 0.15) is 25.0 Å². The molecule has 1 atom stereocenters. The number of para-hydroxylation sites is 3. The number of hydrogen-bond acceptors (Lipinski definition) is 3. The maximum Gasteiger partial charge on any atom is 0.0807 e. The molecule has 0 radical (unpaired) electrons. The van der Waals surface area contributed by atoms with Gasteiger partial charge in [-0.1, -0.05) is 37.3 Å². The Morgan fingerprint density at radius 2 is 1.57 bits per heavy atom. The average molecular weight is 282 g/mol. The van der Waals surface area contributed by atoms with E-state index in [0.29, 0.717) is 0 Å². The van der Waals surface area contributed by atoms with E-state index in [1.54, 1.807) is 0 Å². The zero-order valence-corrected chi connectivity index (χ0v) is 12.7. The van der Waals surface area contributed by atoms with Gasteiger partial charge in [0.25, 0.3) is 0 Å². The summed E-state index contributed by atoms with van der Waals surface area (Å²) in [6, 6.07) is 16.6. The van der Waals surface area contributed by atoms with Crippen molar-refractivity contribution in [2.45, 2.75) is 19.4 Å². The molecule has 3 nitrogen and oxygen atoms in total. The number of hydrogen-bond donors (Lipinski definition) is 1. The maximum atomic E-state index is 10.3. The van der Waals surface area contributed by atoms with Crippen molar-refractivity contribution in [2.75, 3.05) is 29.9 Å². The van der Waals surface area contributed by atoms with Crippen LogP contribution >= 0.6 is 0 Å². The Kier molecular flexibility index (Phi) is 3.84. The lowest BCUT2D eigenvalue weighted by Crippen LogP contribution is -2.36. The topological polar surface area (TPSA) is 26.7 Å². The number of nitrogens with zero attached hydrogens (tertiary/aromatic N) is 2. The highest BCUT2D eigenvalue weighted by atomic mass is 16.3. The third-order valence-electron chi connectivity index (χ3n) is 4.22. The lowest BCUT2D eigenvalue weighted by Gasteiger charge is -2.38. The van der Waals surface area contributed by atoms with E-state index in [4.69, 9.17) is 0 Å². The lowest BCUT2D eigenvalue weighted by atomic mass is 10.0. The number of fused-ring (bicyclic) bond motifs is 1. The van der Waals surface area contributed by atoms with Gasteiger partial charge in [0.15, 0.2) is 0 Å². The first-order valence-electron chi connectivity index (χ1n) is 7.57. The molecule has 1 N–H and O–H groups in total. The van der Waals surface area contributed by atoms with Crippen LogP contribution in [0.3, 0.4) is 0 Å². The molecule has 3 rings (SSSR count). The van der Waals surface area contributed by atoms with Crippen molar-refractivity contribution in [3.63, 3.8) is 0 Å². The van der Waals surface area contributed by atoms with E-state index in [-0.39, 0.29) is 0 Å². The normalized spacial score (nSPS) is 15.8. The molecule has 1 heterocycles. The molecule has 2 aromatic carbocycles. The van der Waals surface area contributed by atoms with Gasteiger partial charge in [-0.15, -0.1) is 0 Å². The van der Waals surface area contributed by atoms with Gasteiger partial charge in [-0.25, -0.2) is 0 Å². The molecule has 1 aliphatic heterocycles. The molecular weight excluding hydrogens is 260 g/mol. The highest BCUT2D eigenvalue weighted by Gasteiger charge is 2.23. The SMILES string of the molecule is CCC(O)c1ccccc1N1CCN(C)c2ccccc21. The van der Waals surface area contributed by atoms with Gasteiger partial charge >= 0.3 is 0 Å². The first kappa shape index (κ1) is 14.0. The van der Waals surface area contributed by atoms with Crippen LogP contribution < -0.4 is 9.80 Å². The van der Waals surface area contributed by atoms with Crippen molar-refractivity contribution in [3.05, 3.63) is 54.1 Å². The quantitative estimate of drug-likeness (QED) is 0.929. The Morgan fingerprint density at radius 3 is 2.29 bits per heavy atom. The van der Waals surface area contributed by atoms with Crippen molar-refractivity contribution in [1.29, 1.82) is 0 Å². The van der Waals surface area contributed by atoms with Gasteiger partial charge in [0, 0.05) is 31.4 Å². The second-order valence-electron chi connectivity index (χ2n) is 5.54. The largest absolute Gasteiger partial charge is 0.388 e. The third-order valence-corrected chi connectivity index (χ3v) is 4.22. The zero-order valence-electron chi connectivity index (χ0n) is 12.7. The zero-order chi connectivity index (χ0) is 14.8. The Morgan fingerprint density at radius 1 is 0.952 bits per heavy atom. The Hall–Kier alpha value is -2.00. The second kappa shape index (κ2) is 5.78. The minimum atomic E-state index is -0.409. The van der Waals surface area contributed by atoms with Gasteiger partial charge in [-0.3, -0.25) is 0 Å². The third kappa shape index (κ3) is 2.49. The van der Waals surface area contributed by atoms with E-state index >= 15 is 0 Å². The predicted molar refractivity (Wildman–Crippen MR) is 88.4 cm³/mol. The van der Waals surface area contributed by atoms with E-state index in [9.17, 15) is 5.11 Å². The number of rotatable bonds is 3. The first-order chi connectivity index (χ1) is 10.2. The number of anilines is 3. The van der Waals surface area contributed by atoms with Crippen molar-refractivity contribution in [2.24, 2.45) is 0 Å². The molecule has 0 aliphatic carbocycles. The summed E-state index contributed by atoms with van der Waals surface area (Å²) in [5, 5.41) is 10.3. The molecular formula is C18H22N2O. The number of aliphatic hydroxyl groups is 1. The summed E-state index contributed by atoms with van der Waals surface area (Å²) in [5.74, 6) is 0. The van der Waals surface area contributed by atoms with Crippen LogP contribution in [-0.4, -0.2) is 25.2 Å². The van der Waals surface area contributed by atoms with Crippen LogP contribution in [0.25, 0.3) is 0 Å². The molecule has 110 valence electrons. The Bertz CT molecular complexity index is 626. The average Bonchev–Trinajstić information content (AvgIpc) is 2.55. The minimum Gasteiger partial charge on any atom is -0.388 e. The molecule has 21 heavy (non-hydrogen) atoms. The molecule has 0 spiro atoms. The molecule has 0 aromatic heterocycles. The minimum absolute atomic E-state index is 0.409. The fourth-order valence-corrected chi connectivity index (χ4v) is 2.99. The van der Waals surface area contributed by atoms with Crippen LogP contribution in [0.5, 0.6) is 0 Å². The summed E-state index contributed by atoms with van der Waals surface area (Å²) < 4.78 is 0. The van der Waals surface area contributed by atoms with Gasteiger partial charge in [-0.2, -0.15) is 0 Å². The molecule has 0 saturated heterocycles. The number of aliphatic hydroxyl groups excluding tert-OH is 1. The fraction of sp³-hybridized carbons (Fsp3) is 0.333.